The lowest BCUT2D eigenvalue weighted by molar-refractivity contribution is -0.872. The van der Waals surface area contributed by atoms with Crippen LogP contribution >= 0.6 is 0 Å². The smallest absolute Gasteiger partial charge is 0.254 e. The van der Waals surface area contributed by atoms with Crippen LogP contribution in [0.15, 0.2) is 42.5 Å². The summed E-state index contributed by atoms with van der Waals surface area (Å²) in [6, 6.07) is 10.7. The third-order valence-electron chi connectivity index (χ3n) is 3.28. The number of benzene rings is 2. The minimum atomic E-state index is -0.858. The third-order valence-corrected chi connectivity index (χ3v) is 3.28. The van der Waals surface area contributed by atoms with Crippen molar-refractivity contribution >= 4 is 5.91 Å². The van der Waals surface area contributed by atoms with E-state index >= 15 is 0 Å². The van der Waals surface area contributed by atoms with Gasteiger partial charge in [-0.15, -0.1) is 0 Å². The zero-order valence-corrected chi connectivity index (χ0v) is 12.6. The molecule has 2 N–H and O–H groups in total. The van der Waals surface area contributed by atoms with E-state index in [9.17, 15) is 13.6 Å². The molecule has 0 aliphatic carbocycles. The first-order valence-electron chi connectivity index (χ1n) is 7.06. The monoisotopic (exact) mass is 305 g/mol. The Labute approximate surface area is 128 Å². The fourth-order valence-corrected chi connectivity index (χ4v) is 2.23. The summed E-state index contributed by atoms with van der Waals surface area (Å²) in [6.45, 7) is 1.13. The Kier molecular flexibility index (Phi) is 5.22. The van der Waals surface area contributed by atoms with Gasteiger partial charge in [-0.25, -0.2) is 8.78 Å². The molecule has 116 valence electrons. The zero-order chi connectivity index (χ0) is 16.1. The van der Waals surface area contributed by atoms with Gasteiger partial charge in [-0.1, -0.05) is 24.3 Å². The molecule has 3 nitrogen and oxygen atoms in total. The molecule has 0 aliphatic rings. The van der Waals surface area contributed by atoms with Crippen LogP contribution < -0.4 is 10.2 Å². The van der Waals surface area contributed by atoms with Gasteiger partial charge in [0.1, 0.15) is 18.2 Å². The van der Waals surface area contributed by atoms with E-state index in [0.29, 0.717) is 12.6 Å². The van der Waals surface area contributed by atoms with E-state index in [1.54, 1.807) is 0 Å². The van der Waals surface area contributed by atoms with Gasteiger partial charge in [-0.3, -0.25) is 4.79 Å². The van der Waals surface area contributed by atoms with E-state index in [1.807, 2.05) is 38.4 Å². The van der Waals surface area contributed by atoms with Gasteiger partial charge in [0.15, 0.2) is 0 Å². The molecule has 0 bridgehead atoms. The largest absolute Gasteiger partial charge is 0.348 e. The summed E-state index contributed by atoms with van der Waals surface area (Å²) >= 11 is 0. The van der Waals surface area contributed by atoms with Crippen molar-refractivity contribution in [1.29, 1.82) is 0 Å². The van der Waals surface area contributed by atoms with Crippen LogP contribution in [0.4, 0.5) is 8.78 Å². The maximum atomic E-state index is 13.6. The number of carbonyl (C=O) groups excluding carboxylic acids is 1. The number of hydrogen-bond donors (Lipinski definition) is 2. The molecule has 2 aromatic carbocycles. The maximum Gasteiger partial charge on any atom is 0.254 e. The number of nitrogens with one attached hydrogen (secondary N) is 2. The maximum absolute atomic E-state index is 13.6. The molecule has 0 saturated heterocycles. The predicted octanol–water partition coefficient (Wildman–Crippen LogP) is 1.54. The minimum absolute atomic E-state index is 0.155. The number of rotatable bonds is 5. The second-order valence-electron chi connectivity index (χ2n) is 5.46. The molecule has 2 rings (SSSR count). The number of quaternary nitrogens is 1. The van der Waals surface area contributed by atoms with Gasteiger partial charge in [-0.2, -0.15) is 0 Å². The molecular weight excluding hydrogens is 286 g/mol. The second kappa shape index (κ2) is 7.13. The van der Waals surface area contributed by atoms with Crippen molar-refractivity contribution in [2.24, 2.45) is 0 Å². The lowest BCUT2D eigenvalue weighted by atomic mass is 10.1. The normalized spacial score (nSPS) is 10.8. The van der Waals surface area contributed by atoms with Gasteiger partial charge in [-0.05, 0) is 17.7 Å². The van der Waals surface area contributed by atoms with Gasteiger partial charge in [0.25, 0.3) is 5.91 Å². The highest BCUT2D eigenvalue weighted by atomic mass is 19.1. The lowest BCUT2D eigenvalue weighted by Crippen LogP contribution is -3.04. The van der Waals surface area contributed by atoms with Crippen molar-refractivity contribution < 1.29 is 18.5 Å². The highest BCUT2D eigenvalue weighted by molar-refractivity contribution is 5.94. The molecule has 2 aromatic rings. The van der Waals surface area contributed by atoms with Crippen LogP contribution in [-0.4, -0.2) is 20.0 Å². The summed E-state index contributed by atoms with van der Waals surface area (Å²) in [6.07, 6.45) is 0. The average Bonchev–Trinajstić information content (AvgIpc) is 2.45. The predicted molar refractivity (Wildman–Crippen MR) is 80.5 cm³/mol. The SMILES string of the molecule is C[NH+](C)Cc1ccccc1CNC(=O)c1ccc(F)cc1F. The minimum Gasteiger partial charge on any atom is -0.348 e. The number of hydrogen-bond acceptors (Lipinski definition) is 1. The van der Waals surface area contributed by atoms with Crippen LogP contribution in [0, 0.1) is 11.6 Å². The van der Waals surface area contributed by atoms with E-state index in [1.165, 1.54) is 4.90 Å². The molecule has 0 aromatic heterocycles. The van der Waals surface area contributed by atoms with Crippen molar-refractivity contribution in [1.82, 2.24) is 5.32 Å². The first kappa shape index (κ1) is 16.1. The Hall–Kier alpha value is -2.27. The summed E-state index contributed by atoms with van der Waals surface area (Å²) < 4.78 is 26.4. The fourth-order valence-electron chi connectivity index (χ4n) is 2.23. The summed E-state index contributed by atoms with van der Waals surface area (Å²) in [5.74, 6) is -2.11. The van der Waals surface area contributed by atoms with Crippen LogP contribution in [0.3, 0.4) is 0 Å². The van der Waals surface area contributed by atoms with Crippen molar-refractivity contribution in [3.63, 3.8) is 0 Å². The van der Waals surface area contributed by atoms with Crippen molar-refractivity contribution in [2.75, 3.05) is 14.1 Å². The zero-order valence-electron chi connectivity index (χ0n) is 12.6. The van der Waals surface area contributed by atoms with E-state index < -0.39 is 17.5 Å². The number of amides is 1. The standard InChI is InChI=1S/C17H18F2N2O/c1-21(2)11-13-6-4-3-5-12(13)10-20-17(22)15-8-7-14(18)9-16(15)19/h3-9H,10-11H2,1-2H3,(H,20,22)/p+1. The molecule has 5 heteroatoms. The van der Waals surface area contributed by atoms with Crippen molar-refractivity contribution in [3.8, 4) is 0 Å². The van der Waals surface area contributed by atoms with Crippen LogP contribution in [0.25, 0.3) is 0 Å². The number of carbonyl (C=O) groups is 1. The first-order valence-corrected chi connectivity index (χ1v) is 7.06. The highest BCUT2D eigenvalue weighted by Gasteiger charge is 2.13. The molecule has 0 spiro atoms. The van der Waals surface area contributed by atoms with Gasteiger partial charge in [0.2, 0.25) is 0 Å². The van der Waals surface area contributed by atoms with Gasteiger partial charge >= 0.3 is 0 Å². The van der Waals surface area contributed by atoms with E-state index in [4.69, 9.17) is 0 Å². The quantitative estimate of drug-likeness (QED) is 0.863. The Morgan fingerprint density at radius 1 is 1.09 bits per heavy atom. The summed E-state index contributed by atoms with van der Waals surface area (Å²) in [4.78, 5) is 13.3. The first-order chi connectivity index (χ1) is 10.5. The number of halogens is 2. The average molecular weight is 305 g/mol. The summed E-state index contributed by atoms with van der Waals surface area (Å²) in [5, 5.41) is 2.68. The Morgan fingerprint density at radius 2 is 1.77 bits per heavy atom. The molecule has 1 amide bonds. The van der Waals surface area contributed by atoms with Gasteiger partial charge in [0.05, 0.1) is 19.7 Å². The van der Waals surface area contributed by atoms with Crippen LogP contribution in [0.1, 0.15) is 21.5 Å². The van der Waals surface area contributed by atoms with Crippen LogP contribution in [-0.2, 0) is 13.1 Å². The molecule has 0 fully saturated rings. The van der Waals surface area contributed by atoms with E-state index in [-0.39, 0.29) is 5.56 Å². The molecule has 0 unspecified atom stereocenters. The highest BCUT2D eigenvalue weighted by Crippen LogP contribution is 2.11. The Morgan fingerprint density at radius 3 is 2.41 bits per heavy atom. The molecule has 0 saturated carbocycles. The molecule has 0 radical (unpaired) electrons. The Bertz CT molecular complexity index is 671. The van der Waals surface area contributed by atoms with Gasteiger partial charge in [0, 0.05) is 18.2 Å². The Balaban J connectivity index is 2.08. The molecule has 0 atom stereocenters. The summed E-state index contributed by atoms with van der Waals surface area (Å²) in [5.41, 5.74) is 1.96. The van der Waals surface area contributed by atoms with E-state index in [2.05, 4.69) is 5.32 Å². The summed E-state index contributed by atoms with van der Waals surface area (Å²) in [7, 11) is 4.09. The van der Waals surface area contributed by atoms with Crippen LogP contribution in [0.2, 0.25) is 0 Å². The topological polar surface area (TPSA) is 33.5 Å². The van der Waals surface area contributed by atoms with Crippen molar-refractivity contribution in [2.45, 2.75) is 13.1 Å². The van der Waals surface area contributed by atoms with Crippen molar-refractivity contribution in [3.05, 3.63) is 70.8 Å². The molecular formula is C17H19F2N2O+. The van der Waals surface area contributed by atoms with Gasteiger partial charge < -0.3 is 10.2 Å². The third kappa shape index (κ3) is 4.11. The second-order valence-corrected chi connectivity index (χ2v) is 5.46. The molecule has 22 heavy (non-hydrogen) atoms. The molecule has 0 heterocycles. The van der Waals surface area contributed by atoms with Crippen LogP contribution in [0.5, 0.6) is 0 Å². The van der Waals surface area contributed by atoms with E-state index in [0.717, 1.165) is 29.8 Å². The lowest BCUT2D eigenvalue weighted by Gasteiger charge is -2.13. The fraction of sp³-hybridized carbons (Fsp3) is 0.235. The molecule has 0 aliphatic heterocycles.